The molecule has 0 N–H and O–H groups in total. The number of carbonyl (C=O) groups excluding carboxylic acids is 1. The summed E-state index contributed by atoms with van der Waals surface area (Å²) in [5, 5.41) is 12.8. The Bertz CT molecular complexity index is 1100. The third kappa shape index (κ3) is 4.24. The molecule has 0 bridgehead atoms. The van der Waals surface area contributed by atoms with E-state index in [0.29, 0.717) is 6.20 Å². The summed E-state index contributed by atoms with van der Waals surface area (Å²) in [6.45, 7) is 1.11. The maximum absolute atomic E-state index is 13.8. The molecule has 1 aromatic carbocycles. The van der Waals surface area contributed by atoms with E-state index in [1.165, 1.54) is 29.9 Å². The van der Waals surface area contributed by atoms with Crippen LogP contribution < -0.4 is 0 Å². The Morgan fingerprint density at radius 2 is 2.00 bits per heavy atom. The minimum atomic E-state index is -4.52. The first-order valence-electron chi connectivity index (χ1n) is 8.14. The molecule has 0 saturated heterocycles. The van der Waals surface area contributed by atoms with E-state index in [2.05, 4.69) is 10.1 Å². The molecule has 10 heteroatoms. The summed E-state index contributed by atoms with van der Waals surface area (Å²) >= 11 is 0. The number of nitrogens with zero attached hydrogens (tertiary/aromatic N) is 4. The fraction of sp³-hybridized carbons (Fsp3) is 0.158. The lowest BCUT2D eigenvalue weighted by Gasteiger charge is -2.08. The lowest BCUT2D eigenvalue weighted by molar-refractivity contribution is -0.137. The minimum absolute atomic E-state index is 0.0341. The number of nitriles is 1. The summed E-state index contributed by atoms with van der Waals surface area (Å²) in [4.78, 5) is 16.0. The van der Waals surface area contributed by atoms with Crippen molar-refractivity contribution in [2.24, 2.45) is 0 Å². The molecule has 0 atom stereocenters. The van der Waals surface area contributed by atoms with E-state index in [4.69, 9.17) is 10.00 Å². The first-order chi connectivity index (χ1) is 13.7. The molecular weight excluding hydrogens is 392 g/mol. The molecule has 0 amide bonds. The average Bonchev–Trinajstić information content (AvgIpc) is 3.08. The van der Waals surface area contributed by atoms with E-state index in [1.54, 1.807) is 0 Å². The van der Waals surface area contributed by atoms with Gasteiger partial charge in [0.2, 0.25) is 0 Å². The highest BCUT2D eigenvalue weighted by atomic mass is 19.4. The van der Waals surface area contributed by atoms with Gasteiger partial charge in [0.05, 0.1) is 29.1 Å². The highest BCUT2D eigenvalue weighted by Gasteiger charge is 2.31. The lowest BCUT2D eigenvalue weighted by Crippen LogP contribution is -2.10. The number of carbonyl (C=O) groups is 1. The van der Waals surface area contributed by atoms with E-state index >= 15 is 0 Å². The van der Waals surface area contributed by atoms with Gasteiger partial charge in [-0.25, -0.2) is 18.9 Å². The van der Waals surface area contributed by atoms with Crippen LogP contribution in [0.2, 0.25) is 0 Å². The monoisotopic (exact) mass is 404 g/mol. The van der Waals surface area contributed by atoms with E-state index in [1.807, 2.05) is 6.07 Å². The molecule has 0 aliphatic heterocycles. The number of pyridine rings is 1. The van der Waals surface area contributed by atoms with Gasteiger partial charge in [0, 0.05) is 11.8 Å². The number of alkyl halides is 3. The van der Waals surface area contributed by atoms with Crippen LogP contribution in [0.1, 0.15) is 32.7 Å². The van der Waals surface area contributed by atoms with Crippen LogP contribution in [0.5, 0.6) is 0 Å². The standard InChI is InChI=1S/C19H12F4N4O2/c1-11-15(18(28)29-10-13-6-12(7-24)2-4-16(13)20)9-26-27(11)17-5-3-14(8-25-17)19(21,22)23/h2-6,8-9H,10H2,1H3. The Hall–Kier alpha value is -3.74. The first kappa shape index (κ1) is 20.0. The van der Waals surface area contributed by atoms with E-state index in [-0.39, 0.29) is 28.2 Å². The second-order valence-electron chi connectivity index (χ2n) is 5.95. The van der Waals surface area contributed by atoms with Gasteiger partial charge in [-0.1, -0.05) is 0 Å². The summed E-state index contributed by atoms with van der Waals surface area (Å²) < 4.78 is 58.0. The van der Waals surface area contributed by atoms with Crippen molar-refractivity contribution in [1.82, 2.24) is 14.8 Å². The van der Waals surface area contributed by atoms with Gasteiger partial charge < -0.3 is 4.74 Å². The van der Waals surface area contributed by atoms with Gasteiger partial charge in [-0.15, -0.1) is 0 Å². The van der Waals surface area contributed by atoms with Crippen LogP contribution in [0.3, 0.4) is 0 Å². The third-order valence-electron chi connectivity index (χ3n) is 4.06. The predicted molar refractivity (Wildman–Crippen MR) is 91.3 cm³/mol. The Kier molecular flexibility index (Phi) is 5.32. The van der Waals surface area contributed by atoms with E-state index in [9.17, 15) is 22.4 Å². The third-order valence-corrected chi connectivity index (χ3v) is 4.06. The smallest absolute Gasteiger partial charge is 0.417 e. The van der Waals surface area contributed by atoms with Crippen LogP contribution in [0.15, 0.2) is 42.7 Å². The average molecular weight is 404 g/mol. The normalized spacial score (nSPS) is 11.2. The fourth-order valence-electron chi connectivity index (χ4n) is 2.50. The second kappa shape index (κ2) is 7.71. The first-order valence-corrected chi connectivity index (χ1v) is 8.14. The number of benzene rings is 1. The lowest BCUT2D eigenvalue weighted by atomic mass is 10.1. The predicted octanol–water partition coefficient (Wildman–Crippen LogP) is 3.96. The highest BCUT2D eigenvalue weighted by molar-refractivity contribution is 5.90. The summed E-state index contributed by atoms with van der Waals surface area (Å²) in [5.74, 6) is -1.34. The Morgan fingerprint density at radius 3 is 2.62 bits per heavy atom. The van der Waals surface area contributed by atoms with Crippen LogP contribution in [0, 0.1) is 24.1 Å². The fourth-order valence-corrected chi connectivity index (χ4v) is 2.50. The zero-order valence-corrected chi connectivity index (χ0v) is 14.9. The number of ether oxygens (including phenoxy) is 1. The number of hydrogen-bond acceptors (Lipinski definition) is 5. The Morgan fingerprint density at radius 1 is 1.24 bits per heavy atom. The zero-order valence-electron chi connectivity index (χ0n) is 14.9. The molecule has 0 aliphatic carbocycles. The molecule has 0 fully saturated rings. The van der Waals surface area contributed by atoms with Crippen molar-refractivity contribution in [1.29, 1.82) is 5.26 Å². The number of rotatable bonds is 4. The van der Waals surface area contributed by atoms with Crippen LogP contribution >= 0.6 is 0 Å². The Balaban J connectivity index is 1.77. The highest BCUT2D eigenvalue weighted by Crippen LogP contribution is 2.29. The van der Waals surface area contributed by atoms with Gasteiger partial charge >= 0.3 is 12.1 Å². The molecule has 0 saturated carbocycles. The summed E-state index contributed by atoms with van der Waals surface area (Å²) in [6.07, 6.45) is -2.67. The van der Waals surface area contributed by atoms with Crippen molar-refractivity contribution >= 4 is 5.97 Å². The van der Waals surface area contributed by atoms with Gasteiger partial charge in [-0.3, -0.25) is 0 Å². The van der Waals surface area contributed by atoms with Crippen molar-refractivity contribution in [2.75, 3.05) is 0 Å². The molecular formula is C19H12F4N4O2. The number of halogens is 4. The quantitative estimate of drug-likeness (QED) is 0.486. The van der Waals surface area contributed by atoms with Crippen LogP contribution in [0.4, 0.5) is 17.6 Å². The molecule has 2 heterocycles. The molecule has 3 rings (SSSR count). The second-order valence-corrected chi connectivity index (χ2v) is 5.95. The molecule has 0 unspecified atom stereocenters. The van der Waals surface area contributed by atoms with Crippen molar-refractivity contribution in [2.45, 2.75) is 19.7 Å². The number of esters is 1. The molecule has 0 aliphatic rings. The molecule has 0 radical (unpaired) electrons. The van der Waals surface area contributed by atoms with Crippen molar-refractivity contribution < 1.29 is 27.1 Å². The van der Waals surface area contributed by atoms with Crippen molar-refractivity contribution in [3.05, 3.63) is 76.5 Å². The Labute approximate surface area is 162 Å². The van der Waals surface area contributed by atoms with E-state index in [0.717, 1.165) is 18.2 Å². The van der Waals surface area contributed by atoms with Crippen LogP contribution in [0.25, 0.3) is 5.82 Å². The zero-order chi connectivity index (χ0) is 21.2. The SMILES string of the molecule is Cc1c(C(=O)OCc2cc(C#N)ccc2F)cnn1-c1ccc(C(F)(F)F)cn1. The van der Waals surface area contributed by atoms with Crippen LogP contribution in [-0.4, -0.2) is 20.7 Å². The van der Waals surface area contributed by atoms with Gasteiger partial charge in [0.15, 0.2) is 5.82 Å². The molecule has 148 valence electrons. The van der Waals surface area contributed by atoms with Gasteiger partial charge in [-0.05, 0) is 37.3 Å². The molecule has 3 aromatic rings. The van der Waals surface area contributed by atoms with Crippen molar-refractivity contribution in [3.8, 4) is 11.9 Å². The number of aromatic nitrogens is 3. The van der Waals surface area contributed by atoms with Gasteiger partial charge in [0.1, 0.15) is 18.0 Å². The van der Waals surface area contributed by atoms with Crippen LogP contribution in [-0.2, 0) is 17.5 Å². The van der Waals surface area contributed by atoms with E-state index < -0.39 is 30.1 Å². The van der Waals surface area contributed by atoms with Gasteiger partial charge in [-0.2, -0.15) is 23.5 Å². The maximum Gasteiger partial charge on any atom is 0.417 e. The molecule has 0 spiro atoms. The topological polar surface area (TPSA) is 80.8 Å². The summed E-state index contributed by atoms with van der Waals surface area (Å²) in [5.41, 5.74) is -0.328. The molecule has 6 nitrogen and oxygen atoms in total. The summed E-state index contributed by atoms with van der Waals surface area (Å²) in [7, 11) is 0. The maximum atomic E-state index is 13.8. The number of hydrogen-bond donors (Lipinski definition) is 0. The molecule has 29 heavy (non-hydrogen) atoms. The minimum Gasteiger partial charge on any atom is -0.457 e. The van der Waals surface area contributed by atoms with Crippen molar-refractivity contribution in [3.63, 3.8) is 0 Å². The molecule has 2 aromatic heterocycles. The largest absolute Gasteiger partial charge is 0.457 e. The summed E-state index contributed by atoms with van der Waals surface area (Å²) in [6, 6.07) is 7.50. The van der Waals surface area contributed by atoms with Gasteiger partial charge in [0.25, 0.3) is 0 Å².